The van der Waals surface area contributed by atoms with Crippen LogP contribution >= 0.6 is 0 Å². The van der Waals surface area contributed by atoms with Gasteiger partial charge in [-0.2, -0.15) is 0 Å². The summed E-state index contributed by atoms with van der Waals surface area (Å²) in [6.45, 7) is 30.0. The number of allylic oxidation sites excluding steroid dienone is 12. The van der Waals surface area contributed by atoms with Crippen molar-refractivity contribution in [3.8, 4) is 0 Å². The van der Waals surface area contributed by atoms with E-state index in [0.717, 1.165) is 36.8 Å². The Morgan fingerprint density at radius 3 is 2.03 bits per heavy atom. The molecule has 0 spiro atoms. The fourth-order valence-corrected chi connectivity index (χ4v) is 4.44. The van der Waals surface area contributed by atoms with Crippen LogP contribution in [0.3, 0.4) is 0 Å². The molecule has 0 nitrogen and oxygen atoms in total. The minimum atomic E-state index is 0.0505. The van der Waals surface area contributed by atoms with Gasteiger partial charge in [0.15, 0.2) is 0 Å². The molecule has 1 aromatic rings. The topological polar surface area (TPSA) is 0 Å². The minimum Gasteiger partial charge on any atom is -0.0988 e. The maximum Gasteiger partial charge on any atom is -0.0129 e. The zero-order valence-electron chi connectivity index (χ0n) is 22.4. The molecule has 0 N–H and O–H groups in total. The molecule has 0 aliphatic heterocycles. The normalized spacial score (nSPS) is 18.6. The first-order valence-electron chi connectivity index (χ1n) is 12.4. The first kappa shape index (κ1) is 27.4. The predicted molar refractivity (Wildman–Crippen MR) is 154 cm³/mol. The maximum atomic E-state index is 4.34. The lowest BCUT2D eigenvalue weighted by Gasteiger charge is -2.24. The molecule has 0 heterocycles. The van der Waals surface area contributed by atoms with Crippen molar-refractivity contribution in [1.82, 2.24) is 0 Å². The SMILES string of the molecule is C=C/C(=C\C=C(/C=C)C(C)(C)C)c1cc2ccc1CCC(=C)/C=C\C(=C(/C=C)C(C)(C)C)CC2. The number of hydrogen-bond donors (Lipinski definition) is 0. The van der Waals surface area contributed by atoms with Crippen molar-refractivity contribution in [1.29, 1.82) is 0 Å². The van der Waals surface area contributed by atoms with Gasteiger partial charge in [-0.15, -0.1) is 0 Å². The summed E-state index contributed by atoms with van der Waals surface area (Å²) in [6, 6.07) is 6.94. The van der Waals surface area contributed by atoms with Crippen molar-refractivity contribution in [2.24, 2.45) is 10.8 Å². The summed E-state index contributed by atoms with van der Waals surface area (Å²) in [7, 11) is 0. The largest absolute Gasteiger partial charge is 0.0988 e. The molecule has 0 atom stereocenters. The highest BCUT2D eigenvalue weighted by molar-refractivity contribution is 5.77. The molecule has 3 rings (SSSR count). The van der Waals surface area contributed by atoms with E-state index in [9.17, 15) is 0 Å². The van der Waals surface area contributed by atoms with Crippen LogP contribution in [0, 0.1) is 10.8 Å². The molecule has 0 aromatic heterocycles. The molecule has 2 aliphatic rings. The second kappa shape index (κ2) is 11.5. The summed E-state index contributed by atoms with van der Waals surface area (Å²) in [4.78, 5) is 0. The molecule has 180 valence electrons. The number of fused-ring (bicyclic) bond motifs is 8. The van der Waals surface area contributed by atoms with E-state index in [1.54, 1.807) is 0 Å². The molecule has 2 bridgehead atoms. The van der Waals surface area contributed by atoms with Crippen LogP contribution in [0.2, 0.25) is 0 Å². The highest BCUT2D eigenvalue weighted by Gasteiger charge is 2.18. The molecule has 0 fully saturated rings. The first-order chi connectivity index (χ1) is 15.9. The Balaban J connectivity index is 2.60. The molecular formula is C34H44. The Bertz CT molecular complexity index is 1060. The lowest BCUT2D eigenvalue weighted by Crippen LogP contribution is -2.10. The number of aryl methyl sites for hydroxylation is 2. The third kappa shape index (κ3) is 7.32. The first-order valence-corrected chi connectivity index (χ1v) is 12.4. The predicted octanol–water partition coefficient (Wildman–Crippen LogP) is 9.93. The van der Waals surface area contributed by atoms with Gasteiger partial charge in [0, 0.05) is 0 Å². The molecule has 2 aliphatic carbocycles. The van der Waals surface area contributed by atoms with Crippen LogP contribution in [0.5, 0.6) is 0 Å². The van der Waals surface area contributed by atoms with Crippen LogP contribution in [0.15, 0.2) is 109 Å². The van der Waals surface area contributed by atoms with E-state index < -0.39 is 0 Å². The highest BCUT2D eigenvalue weighted by atomic mass is 14.2. The summed E-state index contributed by atoms with van der Waals surface area (Å²) in [6.07, 6.45) is 18.6. The zero-order valence-corrected chi connectivity index (χ0v) is 22.4. The van der Waals surface area contributed by atoms with E-state index in [0.29, 0.717) is 0 Å². The summed E-state index contributed by atoms with van der Waals surface area (Å²) in [5.74, 6) is 0. The molecule has 0 amide bonds. The molecule has 0 heteroatoms. The highest BCUT2D eigenvalue weighted by Crippen LogP contribution is 2.33. The Morgan fingerprint density at radius 2 is 1.47 bits per heavy atom. The van der Waals surface area contributed by atoms with Gasteiger partial charge < -0.3 is 0 Å². The summed E-state index contributed by atoms with van der Waals surface area (Å²) in [5, 5.41) is 0. The van der Waals surface area contributed by atoms with Crippen LogP contribution in [0.4, 0.5) is 0 Å². The molecule has 0 radical (unpaired) electrons. The van der Waals surface area contributed by atoms with Crippen LogP contribution in [-0.2, 0) is 12.8 Å². The average molecular weight is 453 g/mol. The van der Waals surface area contributed by atoms with E-state index in [-0.39, 0.29) is 10.8 Å². The number of rotatable bonds is 5. The standard InChI is InChI=1S/C34H44/c1-11-27(22-23-30(12-2)33(5,6)7)31-24-26-16-20-28(31)18-14-25(4)15-19-29(21-17-26)32(13-3)34(8,9)10/h11-13,15-16,19-20,22-24H,1-4,14,17-18,21H2,5-10H3/b19-15-,27-22+,30-23+,32-29-. The van der Waals surface area contributed by atoms with Gasteiger partial charge in [0.25, 0.3) is 0 Å². The van der Waals surface area contributed by atoms with E-state index in [1.165, 1.54) is 33.4 Å². The quantitative estimate of drug-likeness (QED) is 0.390. The van der Waals surface area contributed by atoms with Gasteiger partial charge in [-0.1, -0.05) is 134 Å². The van der Waals surface area contributed by atoms with E-state index >= 15 is 0 Å². The summed E-state index contributed by atoms with van der Waals surface area (Å²) in [5.41, 5.74) is 10.2. The smallest absolute Gasteiger partial charge is 0.0129 e. The lowest BCUT2D eigenvalue weighted by atomic mass is 9.81. The van der Waals surface area contributed by atoms with E-state index in [2.05, 4.69) is 110 Å². The zero-order chi connectivity index (χ0) is 25.5. The van der Waals surface area contributed by atoms with E-state index in [4.69, 9.17) is 0 Å². The minimum absolute atomic E-state index is 0.0505. The number of hydrogen-bond acceptors (Lipinski definition) is 0. The third-order valence-corrected chi connectivity index (χ3v) is 6.51. The Labute approximate surface area is 209 Å². The monoisotopic (exact) mass is 452 g/mol. The molecule has 0 unspecified atom stereocenters. The fourth-order valence-electron chi connectivity index (χ4n) is 4.44. The summed E-state index contributed by atoms with van der Waals surface area (Å²) < 4.78 is 0. The molecule has 1 aromatic carbocycles. The van der Waals surface area contributed by atoms with Gasteiger partial charge in [-0.05, 0) is 75.5 Å². The van der Waals surface area contributed by atoms with Crippen molar-refractivity contribution in [2.45, 2.75) is 67.2 Å². The van der Waals surface area contributed by atoms with Crippen molar-refractivity contribution in [3.63, 3.8) is 0 Å². The average Bonchev–Trinajstić information content (AvgIpc) is 2.74. The molecule has 34 heavy (non-hydrogen) atoms. The van der Waals surface area contributed by atoms with Crippen molar-refractivity contribution >= 4 is 5.57 Å². The second-order valence-electron chi connectivity index (χ2n) is 11.3. The Kier molecular flexibility index (Phi) is 9.28. The van der Waals surface area contributed by atoms with Crippen LogP contribution in [0.1, 0.15) is 71.1 Å². The van der Waals surface area contributed by atoms with Crippen LogP contribution < -0.4 is 0 Å². The second-order valence-corrected chi connectivity index (χ2v) is 11.3. The van der Waals surface area contributed by atoms with Gasteiger partial charge in [-0.3, -0.25) is 0 Å². The number of benzene rings is 1. The Hall–Kier alpha value is -2.86. The fraction of sp³-hybridized carbons (Fsp3) is 0.353. The van der Waals surface area contributed by atoms with Gasteiger partial charge in [0.1, 0.15) is 0 Å². The maximum absolute atomic E-state index is 4.34. The van der Waals surface area contributed by atoms with Crippen molar-refractivity contribution < 1.29 is 0 Å². The molecular weight excluding hydrogens is 408 g/mol. The third-order valence-electron chi connectivity index (χ3n) is 6.51. The van der Waals surface area contributed by atoms with Crippen LogP contribution in [-0.4, -0.2) is 0 Å². The lowest BCUT2D eigenvalue weighted by molar-refractivity contribution is 0.511. The Morgan fingerprint density at radius 1 is 0.765 bits per heavy atom. The van der Waals surface area contributed by atoms with Gasteiger partial charge in [0.05, 0.1) is 0 Å². The van der Waals surface area contributed by atoms with Gasteiger partial charge >= 0.3 is 0 Å². The van der Waals surface area contributed by atoms with E-state index in [1.807, 2.05) is 18.2 Å². The molecule has 0 saturated carbocycles. The summed E-state index contributed by atoms with van der Waals surface area (Å²) >= 11 is 0. The van der Waals surface area contributed by atoms with Gasteiger partial charge in [0.2, 0.25) is 0 Å². The molecule has 0 saturated heterocycles. The van der Waals surface area contributed by atoms with Crippen molar-refractivity contribution in [3.05, 3.63) is 126 Å². The van der Waals surface area contributed by atoms with Gasteiger partial charge in [-0.25, -0.2) is 0 Å². The van der Waals surface area contributed by atoms with Crippen LogP contribution in [0.25, 0.3) is 5.57 Å². The van der Waals surface area contributed by atoms with Crippen molar-refractivity contribution in [2.75, 3.05) is 0 Å².